The molecule has 0 aliphatic rings. The van der Waals surface area contributed by atoms with E-state index < -0.39 is 15.8 Å². The Bertz CT molecular complexity index is 710. The van der Waals surface area contributed by atoms with Crippen molar-refractivity contribution in [2.45, 2.75) is 4.90 Å². The van der Waals surface area contributed by atoms with Gasteiger partial charge in [-0.3, -0.25) is 4.99 Å². The van der Waals surface area contributed by atoms with Gasteiger partial charge in [-0.15, -0.1) is 0 Å². The maximum absolute atomic E-state index is 13.3. The molecule has 2 rings (SSSR count). The van der Waals surface area contributed by atoms with E-state index in [1.807, 2.05) is 0 Å². The van der Waals surface area contributed by atoms with Gasteiger partial charge in [-0.05, 0) is 29.8 Å². The molecule has 2 N–H and O–H groups in total. The van der Waals surface area contributed by atoms with E-state index in [1.165, 1.54) is 24.4 Å². The molecule has 98 valence electrons. The molecule has 0 bridgehead atoms. The van der Waals surface area contributed by atoms with Gasteiger partial charge in [-0.25, -0.2) is 17.9 Å². The predicted octanol–water partition coefficient (Wildman–Crippen LogP) is 2.22. The number of benzene rings is 2. The molecule has 19 heavy (non-hydrogen) atoms. The van der Waals surface area contributed by atoms with Gasteiger partial charge >= 0.3 is 0 Å². The van der Waals surface area contributed by atoms with Crippen molar-refractivity contribution in [3.63, 3.8) is 0 Å². The van der Waals surface area contributed by atoms with Crippen molar-refractivity contribution in [3.05, 3.63) is 59.9 Å². The van der Waals surface area contributed by atoms with Crippen LogP contribution in [0.5, 0.6) is 0 Å². The quantitative estimate of drug-likeness (QED) is 0.874. The lowest BCUT2D eigenvalue weighted by molar-refractivity contribution is 0.598. The Labute approximate surface area is 110 Å². The highest BCUT2D eigenvalue weighted by Gasteiger charge is 2.05. The first-order chi connectivity index (χ1) is 8.97. The van der Waals surface area contributed by atoms with Gasteiger partial charge < -0.3 is 0 Å². The van der Waals surface area contributed by atoms with E-state index in [0.717, 1.165) is 0 Å². The maximum Gasteiger partial charge on any atom is 0.238 e. The minimum atomic E-state index is -3.70. The zero-order valence-corrected chi connectivity index (χ0v) is 10.6. The van der Waals surface area contributed by atoms with E-state index in [4.69, 9.17) is 5.14 Å². The number of hydrogen-bond donors (Lipinski definition) is 1. The lowest BCUT2D eigenvalue weighted by Gasteiger charge is -1.99. The summed E-state index contributed by atoms with van der Waals surface area (Å²) in [7, 11) is -3.70. The summed E-state index contributed by atoms with van der Waals surface area (Å²) in [5.74, 6) is -0.417. The van der Waals surface area contributed by atoms with Gasteiger partial charge in [0.05, 0.1) is 10.6 Å². The summed E-state index contributed by atoms with van der Waals surface area (Å²) in [6.45, 7) is 0. The fourth-order valence-corrected chi connectivity index (χ4v) is 1.96. The van der Waals surface area contributed by atoms with Gasteiger partial charge in [-0.2, -0.15) is 0 Å². The summed E-state index contributed by atoms with van der Waals surface area (Å²) in [4.78, 5) is 4.01. The summed E-state index contributed by atoms with van der Waals surface area (Å²) >= 11 is 0. The number of nitrogens with zero attached hydrogens (tertiary/aromatic N) is 1. The van der Waals surface area contributed by atoms with Gasteiger partial charge in [-0.1, -0.05) is 24.3 Å². The molecule has 0 aliphatic carbocycles. The van der Waals surface area contributed by atoms with E-state index in [1.54, 1.807) is 30.3 Å². The SMILES string of the molecule is NS(=O)(=O)c1ccc(C=Nc2ccccc2F)cc1. The summed E-state index contributed by atoms with van der Waals surface area (Å²) < 4.78 is 35.4. The zero-order chi connectivity index (χ0) is 13.9. The maximum atomic E-state index is 13.3. The molecule has 0 atom stereocenters. The number of nitrogens with two attached hydrogens (primary N) is 1. The minimum absolute atomic E-state index is 0.0236. The van der Waals surface area contributed by atoms with Crippen LogP contribution in [0.4, 0.5) is 10.1 Å². The Balaban J connectivity index is 2.23. The van der Waals surface area contributed by atoms with Crippen molar-refractivity contribution in [2.75, 3.05) is 0 Å². The molecule has 0 heterocycles. The average Bonchev–Trinajstić information content (AvgIpc) is 2.37. The molecule has 0 amide bonds. The topological polar surface area (TPSA) is 72.5 Å². The van der Waals surface area contributed by atoms with Gasteiger partial charge in [0.2, 0.25) is 10.0 Å². The van der Waals surface area contributed by atoms with Crippen LogP contribution in [0.1, 0.15) is 5.56 Å². The van der Waals surface area contributed by atoms with E-state index >= 15 is 0 Å². The highest BCUT2D eigenvalue weighted by atomic mass is 32.2. The van der Waals surface area contributed by atoms with Crippen molar-refractivity contribution < 1.29 is 12.8 Å². The van der Waals surface area contributed by atoms with Crippen LogP contribution in [0, 0.1) is 5.82 Å². The first-order valence-electron chi connectivity index (χ1n) is 5.38. The lowest BCUT2D eigenvalue weighted by Crippen LogP contribution is -2.11. The number of halogens is 1. The second-order valence-corrected chi connectivity index (χ2v) is 5.39. The van der Waals surface area contributed by atoms with Gasteiger partial charge in [0.1, 0.15) is 5.82 Å². The minimum Gasteiger partial charge on any atom is -0.253 e. The monoisotopic (exact) mass is 278 g/mol. The standard InChI is InChI=1S/C13H11FN2O2S/c14-12-3-1-2-4-13(12)16-9-10-5-7-11(8-6-10)19(15,17)18/h1-9H,(H2,15,17,18). The van der Waals surface area contributed by atoms with Crippen LogP contribution in [0.15, 0.2) is 58.4 Å². The first-order valence-corrected chi connectivity index (χ1v) is 6.93. The Kier molecular flexibility index (Phi) is 3.73. The van der Waals surface area contributed by atoms with E-state index in [-0.39, 0.29) is 10.6 Å². The lowest BCUT2D eigenvalue weighted by atomic mass is 10.2. The Morgan fingerprint density at radius 2 is 1.68 bits per heavy atom. The van der Waals surface area contributed by atoms with Gasteiger partial charge in [0.25, 0.3) is 0 Å². The second kappa shape index (κ2) is 5.29. The molecule has 6 heteroatoms. The molecule has 0 aromatic heterocycles. The van der Waals surface area contributed by atoms with Crippen molar-refractivity contribution in [1.82, 2.24) is 0 Å². The number of aliphatic imine (C=N–C) groups is 1. The number of primary sulfonamides is 1. The first kappa shape index (κ1) is 13.4. The van der Waals surface area contributed by atoms with Crippen LogP contribution >= 0.6 is 0 Å². The highest BCUT2D eigenvalue weighted by Crippen LogP contribution is 2.16. The molecular weight excluding hydrogens is 267 g/mol. The van der Waals surface area contributed by atoms with E-state index in [9.17, 15) is 12.8 Å². The van der Waals surface area contributed by atoms with E-state index in [0.29, 0.717) is 5.56 Å². The summed E-state index contributed by atoms with van der Waals surface area (Å²) in [6.07, 6.45) is 1.45. The summed E-state index contributed by atoms with van der Waals surface area (Å²) in [5.41, 5.74) is 0.869. The smallest absolute Gasteiger partial charge is 0.238 e. The Hall–Kier alpha value is -2.05. The molecule has 0 saturated carbocycles. The Morgan fingerprint density at radius 3 is 2.26 bits per heavy atom. The van der Waals surface area contributed by atoms with Crippen molar-refractivity contribution in [3.8, 4) is 0 Å². The number of rotatable bonds is 3. The van der Waals surface area contributed by atoms with Crippen LogP contribution in [0.25, 0.3) is 0 Å². The van der Waals surface area contributed by atoms with Crippen LogP contribution in [-0.2, 0) is 10.0 Å². The molecule has 0 unspecified atom stereocenters. The van der Waals surface area contributed by atoms with Crippen LogP contribution < -0.4 is 5.14 Å². The summed E-state index contributed by atoms with van der Waals surface area (Å²) in [5, 5.41) is 4.98. The molecule has 2 aromatic carbocycles. The highest BCUT2D eigenvalue weighted by molar-refractivity contribution is 7.89. The number of hydrogen-bond acceptors (Lipinski definition) is 3. The van der Waals surface area contributed by atoms with Gasteiger partial charge in [0, 0.05) is 6.21 Å². The molecular formula is C13H11FN2O2S. The molecule has 0 saturated heterocycles. The third-order valence-corrected chi connectivity index (χ3v) is 3.34. The Morgan fingerprint density at radius 1 is 1.05 bits per heavy atom. The zero-order valence-electron chi connectivity index (χ0n) is 9.82. The molecule has 0 aliphatic heterocycles. The van der Waals surface area contributed by atoms with Crippen LogP contribution in [0.2, 0.25) is 0 Å². The number of para-hydroxylation sites is 1. The van der Waals surface area contributed by atoms with Crippen LogP contribution in [0.3, 0.4) is 0 Å². The van der Waals surface area contributed by atoms with Crippen molar-refractivity contribution >= 4 is 21.9 Å². The predicted molar refractivity (Wildman–Crippen MR) is 71.5 cm³/mol. The third-order valence-electron chi connectivity index (χ3n) is 2.41. The fourth-order valence-electron chi connectivity index (χ4n) is 1.44. The summed E-state index contributed by atoms with van der Waals surface area (Å²) in [6, 6.07) is 12.0. The van der Waals surface area contributed by atoms with E-state index in [2.05, 4.69) is 4.99 Å². The van der Waals surface area contributed by atoms with Crippen molar-refractivity contribution in [2.24, 2.45) is 10.1 Å². The molecule has 2 aromatic rings. The molecule has 4 nitrogen and oxygen atoms in total. The largest absolute Gasteiger partial charge is 0.253 e. The van der Waals surface area contributed by atoms with Gasteiger partial charge in [0.15, 0.2) is 0 Å². The fraction of sp³-hybridized carbons (Fsp3) is 0. The molecule has 0 spiro atoms. The average molecular weight is 278 g/mol. The van der Waals surface area contributed by atoms with Crippen LogP contribution in [-0.4, -0.2) is 14.6 Å². The van der Waals surface area contributed by atoms with Crippen molar-refractivity contribution in [1.29, 1.82) is 0 Å². The number of sulfonamides is 1. The molecule has 0 radical (unpaired) electrons. The second-order valence-electron chi connectivity index (χ2n) is 3.82. The molecule has 0 fully saturated rings. The normalized spacial score (nSPS) is 11.9. The third kappa shape index (κ3) is 3.46.